The number of rotatable bonds is 10. The zero-order chi connectivity index (χ0) is 24.0. The number of anilines is 1. The Kier molecular flexibility index (Phi) is 7.94. The summed E-state index contributed by atoms with van der Waals surface area (Å²) in [6.45, 7) is 6.21. The van der Waals surface area contributed by atoms with Gasteiger partial charge in [-0.3, -0.25) is 4.79 Å². The summed E-state index contributed by atoms with van der Waals surface area (Å²) in [5.74, 6) is 0.669. The van der Waals surface area contributed by atoms with Crippen LogP contribution >= 0.6 is 11.8 Å². The highest BCUT2D eigenvalue weighted by molar-refractivity contribution is 8.00. The highest BCUT2D eigenvalue weighted by atomic mass is 32.2. The van der Waals surface area contributed by atoms with Gasteiger partial charge in [0.15, 0.2) is 17.1 Å². The summed E-state index contributed by atoms with van der Waals surface area (Å²) in [6.07, 6.45) is -0.373. The third-order valence-electron chi connectivity index (χ3n) is 4.81. The molecule has 2 aromatic carbocycles. The Morgan fingerprint density at radius 3 is 2.55 bits per heavy atom. The first-order valence-corrected chi connectivity index (χ1v) is 11.2. The standard InChI is InChI=1S/C23H26N4O5S/c1-5-27-20(14(2)32-19-11-7-10-18(13-19)31-4)25-26-23(27)33-15(3)21(28)24-17-9-6-8-16(12-17)22(29)30/h6-15H,5H2,1-4H3,(H,24,28)(H,29,30). The fourth-order valence-electron chi connectivity index (χ4n) is 3.10. The van der Waals surface area contributed by atoms with Crippen LogP contribution in [0.3, 0.4) is 0 Å². The Morgan fingerprint density at radius 1 is 1.12 bits per heavy atom. The molecule has 0 spiro atoms. The molecule has 33 heavy (non-hydrogen) atoms. The number of methoxy groups -OCH3 is 1. The molecule has 2 N–H and O–H groups in total. The highest BCUT2D eigenvalue weighted by Gasteiger charge is 2.23. The number of nitrogens with zero attached hydrogens (tertiary/aromatic N) is 3. The van der Waals surface area contributed by atoms with Gasteiger partial charge in [-0.2, -0.15) is 0 Å². The largest absolute Gasteiger partial charge is 0.497 e. The van der Waals surface area contributed by atoms with Gasteiger partial charge in [0.1, 0.15) is 11.5 Å². The van der Waals surface area contributed by atoms with Crippen molar-refractivity contribution in [2.45, 2.75) is 43.8 Å². The van der Waals surface area contributed by atoms with Gasteiger partial charge in [0.2, 0.25) is 5.91 Å². The lowest BCUT2D eigenvalue weighted by molar-refractivity contribution is -0.115. The molecule has 2 unspecified atom stereocenters. The Balaban J connectivity index is 1.69. The van der Waals surface area contributed by atoms with Gasteiger partial charge in [-0.1, -0.05) is 23.9 Å². The zero-order valence-electron chi connectivity index (χ0n) is 18.8. The summed E-state index contributed by atoms with van der Waals surface area (Å²) in [5.41, 5.74) is 0.527. The summed E-state index contributed by atoms with van der Waals surface area (Å²) in [5, 5.41) is 20.5. The summed E-state index contributed by atoms with van der Waals surface area (Å²) in [6, 6.07) is 13.4. The van der Waals surface area contributed by atoms with E-state index < -0.39 is 11.2 Å². The van der Waals surface area contributed by atoms with Crippen molar-refractivity contribution in [1.82, 2.24) is 14.8 Å². The van der Waals surface area contributed by atoms with Gasteiger partial charge in [0.25, 0.3) is 0 Å². The molecule has 0 radical (unpaired) electrons. The van der Waals surface area contributed by atoms with Crippen LogP contribution in [-0.4, -0.2) is 44.1 Å². The van der Waals surface area contributed by atoms with E-state index in [4.69, 9.17) is 14.6 Å². The number of hydrogen-bond donors (Lipinski definition) is 2. The Labute approximate surface area is 196 Å². The fourth-order valence-corrected chi connectivity index (χ4v) is 4.02. The number of carboxylic acid groups (broad SMARTS) is 1. The monoisotopic (exact) mass is 470 g/mol. The predicted octanol–water partition coefficient (Wildman–Crippen LogP) is 4.26. The number of aromatic nitrogens is 3. The van der Waals surface area contributed by atoms with Crippen LogP contribution in [0.5, 0.6) is 11.5 Å². The molecule has 0 aliphatic carbocycles. The molecule has 0 fully saturated rings. The molecule has 0 saturated carbocycles. The molecule has 10 heteroatoms. The van der Waals surface area contributed by atoms with Gasteiger partial charge in [0, 0.05) is 18.3 Å². The van der Waals surface area contributed by atoms with Crippen LogP contribution < -0.4 is 14.8 Å². The maximum Gasteiger partial charge on any atom is 0.335 e. The van der Waals surface area contributed by atoms with E-state index in [9.17, 15) is 9.59 Å². The maximum atomic E-state index is 12.7. The lowest BCUT2D eigenvalue weighted by Crippen LogP contribution is -2.23. The number of thioether (sulfide) groups is 1. The van der Waals surface area contributed by atoms with Crippen LogP contribution in [0.2, 0.25) is 0 Å². The van der Waals surface area contributed by atoms with Crippen molar-refractivity contribution < 1.29 is 24.2 Å². The van der Waals surface area contributed by atoms with Crippen LogP contribution in [0.15, 0.2) is 53.7 Å². The molecule has 2 atom stereocenters. The van der Waals surface area contributed by atoms with Gasteiger partial charge in [0.05, 0.1) is 17.9 Å². The number of amides is 1. The quantitative estimate of drug-likeness (QED) is 0.422. The van der Waals surface area contributed by atoms with Crippen molar-refractivity contribution >= 4 is 29.3 Å². The summed E-state index contributed by atoms with van der Waals surface area (Å²) in [7, 11) is 1.60. The van der Waals surface area contributed by atoms with E-state index in [0.717, 1.165) is 0 Å². The number of carboxylic acids is 1. The minimum atomic E-state index is -1.05. The molecule has 0 saturated heterocycles. The molecule has 1 aromatic heterocycles. The molecule has 1 heterocycles. The predicted molar refractivity (Wildman–Crippen MR) is 125 cm³/mol. The molecule has 9 nitrogen and oxygen atoms in total. The van der Waals surface area contributed by atoms with Crippen molar-refractivity contribution in [3.8, 4) is 11.5 Å². The average molecular weight is 471 g/mol. The number of ether oxygens (including phenoxy) is 2. The Hall–Kier alpha value is -3.53. The smallest absolute Gasteiger partial charge is 0.335 e. The van der Waals surface area contributed by atoms with Crippen LogP contribution in [0.4, 0.5) is 5.69 Å². The molecule has 174 valence electrons. The van der Waals surface area contributed by atoms with Crippen molar-refractivity contribution in [1.29, 1.82) is 0 Å². The molecule has 0 bridgehead atoms. The van der Waals surface area contributed by atoms with Crippen LogP contribution in [0.1, 0.15) is 43.1 Å². The molecule has 0 aliphatic heterocycles. The number of carbonyl (C=O) groups is 2. The van der Waals surface area contributed by atoms with Crippen molar-refractivity contribution in [2.75, 3.05) is 12.4 Å². The van der Waals surface area contributed by atoms with Crippen LogP contribution in [-0.2, 0) is 11.3 Å². The van der Waals surface area contributed by atoms with Crippen molar-refractivity contribution in [3.63, 3.8) is 0 Å². The second-order valence-corrected chi connectivity index (χ2v) is 8.47. The molecule has 3 aromatic rings. The number of aromatic carboxylic acids is 1. The number of benzene rings is 2. The van der Waals surface area contributed by atoms with Gasteiger partial charge >= 0.3 is 5.97 Å². The molecular formula is C23H26N4O5S. The SMILES string of the molecule is CCn1c(SC(C)C(=O)Nc2cccc(C(=O)O)c2)nnc1C(C)Oc1cccc(OC)c1. The van der Waals surface area contributed by atoms with Gasteiger partial charge in [-0.25, -0.2) is 4.79 Å². The van der Waals surface area contributed by atoms with Gasteiger partial charge < -0.3 is 24.5 Å². The van der Waals surface area contributed by atoms with Gasteiger partial charge in [-0.05, 0) is 51.1 Å². The summed E-state index contributed by atoms with van der Waals surface area (Å²) < 4.78 is 13.2. The average Bonchev–Trinajstić information content (AvgIpc) is 3.21. The second-order valence-electron chi connectivity index (χ2n) is 7.16. The van der Waals surface area contributed by atoms with E-state index in [0.29, 0.717) is 34.7 Å². The van der Waals surface area contributed by atoms with Crippen molar-refractivity contribution in [2.24, 2.45) is 0 Å². The third-order valence-corrected chi connectivity index (χ3v) is 5.89. The number of hydrogen-bond acceptors (Lipinski definition) is 7. The van der Waals surface area contributed by atoms with E-state index in [-0.39, 0.29) is 17.6 Å². The zero-order valence-corrected chi connectivity index (χ0v) is 19.6. The Bertz CT molecular complexity index is 1130. The minimum Gasteiger partial charge on any atom is -0.497 e. The maximum absolute atomic E-state index is 12.7. The summed E-state index contributed by atoms with van der Waals surface area (Å²) in [4.78, 5) is 23.8. The van der Waals surface area contributed by atoms with Crippen LogP contribution in [0, 0.1) is 0 Å². The third kappa shape index (κ3) is 6.04. The Morgan fingerprint density at radius 2 is 1.85 bits per heavy atom. The highest BCUT2D eigenvalue weighted by Crippen LogP contribution is 2.28. The first-order chi connectivity index (χ1) is 15.8. The van der Waals surface area contributed by atoms with E-state index >= 15 is 0 Å². The van der Waals surface area contributed by atoms with Gasteiger partial charge in [-0.15, -0.1) is 10.2 Å². The van der Waals surface area contributed by atoms with Crippen LogP contribution in [0.25, 0.3) is 0 Å². The second kappa shape index (κ2) is 10.9. The fraction of sp³-hybridized carbons (Fsp3) is 0.304. The van der Waals surface area contributed by atoms with E-state index in [1.165, 1.54) is 23.9 Å². The summed E-state index contributed by atoms with van der Waals surface area (Å²) >= 11 is 1.27. The molecular weight excluding hydrogens is 444 g/mol. The molecule has 3 rings (SSSR count). The first kappa shape index (κ1) is 24.1. The lowest BCUT2D eigenvalue weighted by atomic mass is 10.2. The molecule has 1 amide bonds. The first-order valence-electron chi connectivity index (χ1n) is 10.4. The van der Waals surface area contributed by atoms with Crippen molar-refractivity contribution in [3.05, 3.63) is 59.9 Å². The minimum absolute atomic E-state index is 0.105. The van der Waals surface area contributed by atoms with E-state index in [2.05, 4.69) is 15.5 Å². The van der Waals surface area contributed by atoms with E-state index in [1.54, 1.807) is 32.2 Å². The normalized spacial score (nSPS) is 12.6. The lowest BCUT2D eigenvalue weighted by Gasteiger charge is -2.17. The van der Waals surface area contributed by atoms with E-state index in [1.807, 2.05) is 36.6 Å². The number of nitrogens with one attached hydrogen (secondary N) is 1. The molecule has 0 aliphatic rings. The number of carbonyl (C=O) groups excluding carboxylic acids is 1. The topological polar surface area (TPSA) is 116 Å².